The number of benzene rings is 2. The van der Waals surface area contributed by atoms with E-state index in [9.17, 15) is 0 Å². The van der Waals surface area contributed by atoms with E-state index in [4.69, 9.17) is 14.2 Å². The van der Waals surface area contributed by atoms with Crippen molar-refractivity contribution in [3.8, 4) is 28.5 Å². The van der Waals surface area contributed by atoms with Gasteiger partial charge in [-0.25, -0.2) is 0 Å². The third-order valence-electron chi connectivity index (χ3n) is 4.47. The minimum Gasteiger partial charge on any atom is -0.497 e. The average molecular weight is 365 g/mol. The molecule has 1 heterocycles. The fourth-order valence-corrected chi connectivity index (χ4v) is 3.29. The van der Waals surface area contributed by atoms with Gasteiger partial charge in [-0.15, -0.1) is 0 Å². The van der Waals surface area contributed by atoms with Crippen LogP contribution in [0.3, 0.4) is 0 Å². The van der Waals surface area contributed by atoms with Crippen molar-refractivity contribution >= 4 is 22.3 Å². The maximum atomic E-state index is 5.77. The number of H-pyrrole nitrogens is 2. The summed E-state index contributed by atoms with van der Waals surface area (Å²) in [6.07, 6.45) is 0. The zero-order valence-electron chi connectivity index (χ0n) is 15.7. The molecule has 0 spiro atoms. The van der Waals surface area contributed by atoms with E-state index in [-0.39, 0.29) is 0 Å². The SMILES string of the molecule is CCOc1cc2cc3c(Nc4cccc(OC)c4)[nH][nH]c-3c2cc1OCC. The highest BCUT2D eigenvalue weighted by molar-refractivity contribution is 6.05. The summed E-state index contributed by atoms with van der Waals surface area (Å²) in [7, 11) is 1.66. The molecule has 0 atom stereocenters. The third-order valence-corrected chi connectivity index (χ3v) is 4.47. The summed E-state index contributed by atoms with van der Waals surface area (Å²) in [5.74, 6) is 3.23. The van der Waals surface area contributed by atoms with Crippen molar-refractivity contribution in [1.82, 2.24) is 10.2 Å². The van der Waals surface area contributed by atoms with E-state index >= 15 is 0 Å². The number of hydrogen-bond donors (Lipinski definition) is 3. The Bertz CT molecular complexity index is 1030. The molecule has 1 aliphatic carbocycles. The van der Waals surface area contributed by atoms with Crippen LogP contribution < -0.4 is 19.5 Å². The molecule has 140 valence electrons. The van der Waals surface area contributed by atoms with Crippen molar-refractivity contribution in [3.05, 3.63) is 42.5 Å². The number of methoxy groups -OCH3 is 1. The normalized spacial score (nSPS) is 11.1. The molecule has 6 nitrogen and oxygen atoms in total. The summed E-state index contributed by atoms with van der Waals surface area (Å²) in [6, 6.07) is 14.0. The largest absolute Gasteiger partial charge is 0.497 e. The Labute approximate surface area is 157 Å². The van der Waals surface area contributed by atoms with Gasteiger partial charge in [0.1, 0.15) is 11.6 Å². The molecule has 0 bridgehead atoms. The van der Waals surface area contributed by atoms with Crippen molar-refractivity contribution in [2.24, 2.45) is 0 Å². The van der Waals surface area contributed by atoms with Gasteiger partial charge >= 0.3 is 0 Å². The first-order valence-electron chi connectivity index (χ1n) is 9.07. The molecule has 27 heavy (non-hydrogen) atoms. The van der Waals surface area contributed by atoms with Crippen LogP contribution in [-0.2, 0) is 0 Å². The lowest BCUT2D eigenvalue weighted by Gasteiger charge is -2.11. The molecule has 0 aromatic heterocycles. The van der Waals surface area contributed by atoms with Crippen LogP contribution in [0, 0.1) is 0 Å². The van der Waals surface area contributed by atoms with Gasteiger partial charge in [-0.1, -0.05) is 6.07 Å². The Morgan fingerprint density at radius 2 is 1.70 bits per heavy atom. The molecule has 2 aromatic rings. The van der Waals surface area contributed by atoms with Crippen molar-refractivity contribution in [1.29, 1.82) is 0 Å². The summed E-state index contributed by atoms with van der Waals surface area (Å²) in [5, 5.41) is 12.1. The Kier molecular flexibility index (Phi) is 4.54. The van der Waals surface area contributed by atoms with Crippen LogP contribution in [0.1, 0.15) is 13.8 Å². The first-order chi connectivity index (χ1) is 13.2. The lowest BCUT2D eigenvalue weighted by Crippen LogP contribution is -1.98. The number of fused-ring (bicyclic) bond motifs is 3. The fraction of sp³-hybridized carbons (Fsp3) is 0.238. The molecule has 0 saturated heterocycles. The van der Waals surface area contributed by atoms with Gasteiger partial charge in [-0.2, -0.15) is 0 Å². The first kappa shape index (κ1) is 17.1. The quantitative estimate of drug-likeness (QED) is 0.423. The predicted molar refractivity (Wildman–Crippen MR) is 108 cm³/mol. The van der Waals surface area contributed by atoms with Crippen LogP contribution in [0.4, 0.5) is 11.5 Å². The van der Waals surface area contributed by atoms with Gasteiger partial charge < -0.3 is 19.5 Å². The highest BCUT2D eigenvalue weighted by Gasteiger charge is 2.19. The predicted octanol–water partition coefficient (Wildman–Crippen LogP) is 5.15. The highest BCUT2D eigenvalue weighted by atomic mass is 16.5. The van der Waals surface area contributed by atoms with E-state index in [1.54, 1.807) is 7.11 Å². The van der Waals surface area contributed by atoms with Crippen molar-refractivity contribution in [2.75, 3.05) is 25.6 Å². The second kappa shape index (κ2) is 7.15. The van der Waals surface area contributed by atoms with Gasteiger partial charge in [0, 0.05) is 22.7 Å². The van der Waals surface area contributed by atoms with Crippen LogP contribution in [0.15, 0.2) is 42.5 Å². The van der Waals surface area contributed by atoms with Crippen molar-refractivity contribution in [2.45, 2.75) is 13.8 Å². The number of nitrogens with one attached hydrogen (secondary N) is 3. The minimum absolute atomic E-state index is 0.592. The molecule has 2 aliphatic rings. The number of hydrogen-bond acceptors (Lipinski definition) is 4. The number of aromatic amines is 2. The molecule has 6 heteroatoms. The Morgan fingerprint density at radius 1 is 0.926 bits per heavy atom. The zero-order valence-corrected chi connectivity index (χ0v) is 15.7. The molecule has 0 unspecified atom stereocenters. The molecule has 2 aromatic carbocycles. The maximum Gasteiger partial charge on any atom is 0.161 e. The van der Waals surface area contributed by atoms with Crippen molar-refractivity contribution in [3.63, 3.8) is 0 Å². The van der Waals surface area contributed by atoms with Crippen LogP contribution in [0.5, 0.6) is 17.2 Å². The van der Waals surface area contributed by atoms with Crippen LogP contribution in [0.2, 0.25) is 0 Å². The maximum absolute atomic E-state index is 5.77. The summed E-state index contributed by atoms with van der Waals surface area (Å²) < 4.78 is 16.8. The van der Waals surface area contributed by atoms with Gasteiger partial charge in [0.2, 0.25) is 0 Å². The first-order valence-corrected chi connectivity index (χ1v) is 9.07. The molecule has 4 rings (SSSR count). The topological polar surface area (TPSA) is 71.3 Å². The standard InChI is InChI=1S/C21H23N3O3/c1-4-26-18-10-13-9-17-20(16(13)12-19(18)27-5-2)23-24-21(17)22-14-7-6-8-15(11-14)25-3/h6-12,22-24H,4-5H2,1-3H3. The van der Waals surface area contributed by atoms with Gasteiger partial charge in [0.15, 0.2) is 11.5 Å². The number of anilines is 2. The summed E-state index contributed by atoms with van der Waals surface area (Å²) >= 11 is 0. The molecule has 0 saturated carbocycles. The molecule has 1 aliphatic heterocycles. The Morgan fingerprint density at radius 3 is 2.44 bits per heavy atom. The molecule has 0 amide bonds. The van der Waals surface area contributed by atoms with E-state index in [2.05, 4.69) is 21.6 Å². The Balaban J connectivity index is 1.74. The van der Waals surface area contributed by atoms with E-state index in [1.807, 2.05) is 50.2 Å². The fourth-order valence-electron chi connectivity index (χ4n) is 3.29. The number of rotatable bonds is 7. The lowest BCUT2D eigenvalue weighted by molar-refractivity contribution is 0.288. The van der Waals surface area contributed by atoms with E-state index in [0.29, 0.717) is 13.2 Å². The molecule has 0 fully saturated rings. The number of ether oxygens (including phenoxy) is 3. The van der Waals surface area contributed by atoms with Gasteiger partial charge in [-0.05, 0) is 49.6 Å². The third kappa shape index (κ3) is 3.14. The summed E-state index contributed by atoms with van der Waals surface area (Å²) in [5.41, 5.74) is 3.05. The molecular weight excluding hydrogens is 342 g/mol. The van der Waals surface area contributed by atoms with E-state index < -0.39 is 0 Å². The smallest absolute Gasteiger partial charge is 0.161 e. The zero-order chi connectivity index (χ0) is 18.8. The number of aromatic nitrogens is 2. The minimum atomic E-state index is 0.592. The van der Waals surface area contributed by atoms with E-state index in [1.165, 1.54) is 0 Å². The monoisotopic (exact) mass is 365 g/mol. The van der Waals surface area contributed by atoms with Crippen molar-refractivity contribution < 1.29 is 14.2 Å². The van der Waals surface area contributed by atoms with Crippen LogP contribution in [-0.4, -0.2) is 30.5 Å². The summed E-state index contributed by atoms with van der Waals surface area (Å²) in [4.78, 5) is 0. The van der Waals surface area contributed by atoms with Crippen LogP contribution >= 0.6 is 0 Å². The molecule has 0 radical (unpaired) electrons. The second-order valence-corrected chi connectivity index (χ2v) is 6.17. The molecular formula is C21H23N3O3. The molecule has 3 N–H and O–H groups in total. The Hall–Kier alpha value is -3.28. The summed E-state index contributed by atoms with van der Waals surface area (Å²) in [6.45, 7) is 5.13. The highest BCUT2D eigenvalue weighted by Crippen LogP contribution is 2.43. The van der Waals surface area contributed by atoms with Gasteiger partial charge in [0.25, 0.3) is 0 Å². The van der Waals surface area contributed by atoms with E-state index in [0.717, 1.165) is 50.8 Å². The average Bonchev–Trinajstić information content (AvgIpc) is 3.22. The van der Waals surface area contributed by atoms with Gasteiger partial charge in [0.05, 0.1) is 26.0 Å². The van der Waals surface area contributed by atoms with Gasteiger partial charge in [-0.3, -0.25) is 10.2 Å². The lowest BCUT2D eigenvalue weighted by atomic mass is 10.2. The second-order valence-electron chi connectivity index (χ2n) is 6.17. The van der Waals surface area contributed by atoms with Crippen LogP contribution in [0.25, 0.3) is 22.0 Å².